The fourth-order valence-electron chi connectivity index (χ4n) is 6.70. The maximum atomic E-state index is 13.7. The number of anilines is 2. The van der Waals surface area contributed by atoms with E-state index in [-0.39, 0.29) is 47.5 Å². The first-order valence-electron chi connectivity index (χ1n) is 16.6. The zero-order chi connectivity index (χ0) is 34.4. The Balaban J connectivity index is 1.15. The van der Waals surface area contributed by atoms with Crippen LogP contribution in [0.4, 0.5) is 11.4 Å². The first kappa shape index (κ1) is 35.0. The van der Waals surface area contributed by atoms with E-state index in [2.05, 4.69) is 21.3 Å². The average molecular weight is 675 g/mol. The van der Waals surface area contributed by atoms with E-state index in [4.69, 9.17) is 16.6 Å². The first-order valence-corrected chi connectivity index (χ1v) is 18.4. The molecule has 2 saturated heterocycles. The molecule has 0 unspecified atom stereocenters. The predicted molar refractivity (Wildman–Crippen MR) is 192 cm³/mol. The lowest BCUT2D eigenvalue weighted by Gasteiger charge is -2.29. The molecule has 0 radical (unpaired) electrons. The summed E-state index contributed by atoms with van der Waals surface area (Å²) in [6, 6.07) is 13.1. The van der Waals surface area contributed by atoms with Crippen molar-refractivity contribution in [2.75, 3.05) is 68.5 Å². The largest absolute Gasteiger partial charge is 0.398 e. The molecule has 12 nitrogen and oxygen atoms in total. The molecule has 13 heteroatoms. The Labute approximate surface area is 283 Å². The Kier molecular flexibility index (Phi) is 11.1. The number of likely N-dealkylation sites (tertiary alicyclic amines) is 1. The normalized spacial score (nSPS) is 20.0. The van der Waals surface area contributed by atoms with Crippen LogP contribution in [0.1, 0.15) is 49.3 Å². The fourth-order valence-corrected chi connectivity index (χ4v) is 8.19. The highest BCUT2D eigenvalue weighted by atomic mass is 32.2. The van der Waals surface area contributed by atoms with Gasteiger partial charge in [-0.05, 0) is 68.5 Å². The summed E-state index contributed by atoms with van der Waals surface area (Å²) in [6.07, 6.45) is 5.79. The summed E-state index contributed by atoms with van der Waals surface area (Å²) >= 11 is 0. The molecule has 0 bridgehead atoms. The van der Waals surface area contributed by atoms with Gasteiger partial charge >= 0.3 is 0 Å². The van der Waals surface area contributed by atoms with Crippen molar-refractivity contribution in [1.82, 2.24) is 15.1 Å². The number of sulfone groups is 1. The number of nitrogens with two attached hydrogens (primary N) is 1. The van der Waals surface area contributed by atoms with E-state index in [1.165, 1.54) is 11.9 Å². The van der Waals surface area contributed by atoms with Gasteiger partial charge < -0.3 is 26.3 Å². The predicted octanol–water partition coefficient (Wildman–Crippen LogP) is 3.03. The van der Waals surface area contributed by atoms with Crippen molar-refractivity contribution >= 4 is 56.5 Å². The highest BCUT2D eigenvalue weighted by Gasteiger charge is 2.34. The van der Waals surface area contributed by atoms with Gasteiger partial charge in [-0.15, -0.1) is 0 Å². The Morgan fingerprint density at radius 1 is 1.06 bits per heavy atom. The van der Waals surface area contributed by atoms with E-state index >= 15 is 0 Å². The number of hydrogen-bond donors (Lipinski definition) is 4. The molecular formula is C35H46N8O4S. The number of benzene rings is 2. The highest BCUT2D eigenvalue weighted by Crippen LogP contribution is 2.30. The van der Waals surface area contributed by atoms with Crippen LogP contribution >= 0.6 is 0 Å². The summed E-state index contributed by atoms with van der Waals surface area (Å²) in [5.41, 5.74) is 11.2. The molecule has 0 aromatic heterocycles. The number of amidine groups is 1. The van der Waals surface area contributed by atoms with Gasteiger partial charge in [0.25, 0.3) is 0 Å². The number of hydrogen-bond acceptors (Lipinski definition) is 8. The van der Waals surface area contributed by atoms with Crippen molar-refractivity contribution in [1.29, 1.82) is 10.8 Å². The molecule has 256 valence electrons. The Hall–Kier alpha value is -4.36. The van der Waals surface area contributed by atoms with E-state index < -0.39 is 9.84 Å². The van der Waals surface area contributed by atoms with Gasteiger partial charge in [-0.3, -0.25) is 19.9 Å². The van der Waals surface area contributed by atoms with Crippen LogP contribution in [-0.4, -0.2) is 106 Å². The maximum Gasteiger partial charge on any atom is 0.237 e. The second kappa shape index (κ2) is 15.2. The molecule has 0 aliphatic carbocycles. The zero-order valence-corrected chi connectivity index (χ0v) is 28.6. The van der Waals surface area contributed by atoms with Gasteiger partial charge in [-0.25, -0.2) is 13.4 Å². The molecule has 3 aliphatic heterocycles. The third kappa shape index (κ3) is 8.19. The molecule has 5 rings (SSSR count). The lowest BCUT2D eigenvalue weighted by atomic mass is 9.90. The number of carbonyl (C=O) groups excluding carboxylic acids is 2. The molecule has 1 atom stereocenters. The van der Waals surface area contributed by atoms with Crippen LogP contribution in [0.2, 0.25) is 0 Å². The van der Waals surface area contributed by atoms with Gasteiger partial charge in [0.1, 0.15) is 9.84 Å². The number of nitrogen functional groups attached to an aromatic ring is 1. The van der Waals surface area contributed by atoms with Crippen LogP contribution in [0.3, 0.4) is 0 Å². The first-order chi connectivity index (χ1) is 23.0. The minimum atomic E-state index is -3.05. The van der Waals surface area contributed by atoms with E-state index in [0.29, 0.717) is 74.6 Å². The number of carbonyl (C=O) groups is 2. The zero-order valence-electron chi connectivity index (χ0n) is 27.7. The molecule has 3 aliphatic rings. The van der Waals surface area contributed by atoms with Crippen LogP contribution in [0, 0.1) is 22.7 Å². The van der Waals surface area contributed by atoms with Crippen LogP contribution in [-0.2, 0) is 19.4 Å². The van der Waals surface area contributed by atoms with Crippen LogP contribution in [0.15, 0.2) is 53.5 Å². The van der Waals surface area contributed by atoms with E-state index in [9.17, 15) is 18.0 Å². The molecule has 0 saturated carbocycles. The van der Waals surface area contributed by atoms with E-state index in [1.807, 2.05) is 36.1 Å². The summed E-state index contributed by atoms with van der Waals surface area (Å²) in [4.78, 5) is 36.7. The van der Waals surface area contributed by atoms with Gasteiger partial charge in [0, 0.05) is 67.4 Å². The lowest BCUT2D eigenvalue weighted by Crippen LogP contribution is -2.42. The van der Waals surface area contributed by atoms with Crippen molar-refractivity contribution in [3.8, 4) is 0 Å². The third-order valence-electron chi connectivity index (χ3n) is 9.58. The van der Waals surface area contributed by atoms with Crippen LogP contribution in [0.25, 0.3) is 5.57 Å². The quantitative estimate of drug-likeness (QED) is 0.170. The molecule has 48 heavy (non-hydrogen) atoms. The fraction of sp³-hybridized carbons (Fsp3) is 0.457. The summed E-state index contributed by atoms with van der Waals surface area (Å²) in [5, 5.41) is 19.6. The number of nitrogens with zero attached hydrogens (tertiary/aromatic N) is 4. The van der Waals surface area contributed by atoms with Gasteiger partial charge in [0.05, 0.1) is 30.3 Å². The Bertz CT molecular complexity index is 1710. The summed E-state index contributed by atoms with van der Waals surface area (Å²) in [7, 11) is -1.31. The molecule has 0 spiro atoms. The van der Waals surface area contributed by atoms with Crippen molar-refractivity contribution < 1.29 is 18.0 Å². The average Bonchev–Trinajstić information content (AvgIpc) is 3.56. The molecule has 2 aromatic rings. The summed E-state index contributed by atoms with van der Waals surface area (Å²) < 4.78 is 23.8. The van der Waals surface area contributed by atoms with Crippen LogP contribution < -0.4 is 16.0 Å². The number of nitrogens with one attached hydrogen (secondary N) is 3. The third-order valence-corrected chi connectivity index (χ3v) is 11.3. The van der Waals surface area contributed by atoms with Gasteiger partial charge in [0.2, 0.25) is 11.8 Å². The topological polar surface area (TPSA) is 176 Å². The van der Waals surface area contributed by atoms with Crippen molar-refractivity contribution in [3.63, 3.8) is 0 Å². The smallest absolute Gasteiger partial charge is 0.237 e. The maximum absolute atomic E-state index is 13.7. The van der Waals surface area contributed by atoms with E-state index in [1.54, 1.807) is 30.1 Å². The molecule has 2 amide bonds. The van der Waals surface area contributed by atoms with Crippen molar-refractivity contribution in [2.24, 2.45) is 16.8 Å². The molecule has 5 N–H and O–H groups in total. The summed E-state index contributed by atoms with van der Waals surface area (Å²) in [6.45, 7) is 4.95. The Morgan fingerprint density at radius 3 is 2.44 bits per heavy atom. The number of rotatable bonds is 10. The van der Waals surface area contributed by atoms with Crippen LogP contribution in [0.5, 0.6) is 0 Å². The molecule has 2 fully saturated rings. The Morgan fingerprint density at radius 2 is 1.79 bits per heavy atom. The van der Waals surface area contributed by atoms with Gasteiger partial charge in [-0.2, -0.15) is 0 Å². The monoisotopic (exact) mass is 674 g/mol. The van der Waals surface area contributed by atoms with Gasteiger partial charge in [-0.1, -0.05) is 30.3 Å². The minimum Gasteiger partial charge on any atom is -0.398 e. The second-order valence-corrected chi connectivity index (χ2v) is 15.0. The second-order valence-electron chi connectivity index (χ2n) is 12.7. The molecule has 3 heterocycles. The molecular weight excluding hydrogens is 629 g/mol. The lowest BCUT2D eigenvalue weighted by molar-refractivity contribution is -0.132. The van der Waals surface area contributed by atoms with E-state index in [0.717, 1.165) is 17.5 Å². The van der Waals surface area contributed by atoms with Gasteiger partial charge in [0.15, 0.2) is 5.84 Å². The number of aliphatic imine (C=N–C) groups is 1. The van der Waals surface area contributed by atoms with Crippen molar-refractivity contribution in [2.45, 2.75) is 32.6 Å². The number of amides is 2. The van der Waals surface area contributed by atoms with Crippen molar-refractivity contribution in [3.05, 3.63) is 65.2 Å². The minimum absolute atomic E-state index is 0.0148. The highest BCUT2D eigenvalue weighted by molar-refractivity contribution is 7.91. The SMILES string of the molecule is CCN(C(=O)[C@@H]1CCN(CC(=O)N2CC=C(c3ccc(C(=N)/N=C\NC)cc3)CC2)C1)c1ccc(N)c(C(=N)C2CCS(=O)(=O)CC2)c1. The molecule has 2 aromatic carbocycles. The standard InChI is InChI=1S/C35H46N8O4S/c1-3-43(29-8-9-31(36)30(20-29)33(37)26-13-18-48(46,47)19-14-26)35(45)28-10-15-41(21-28)22-32(44)42-16-11-25(12-17-42)24-4-6-27(7-5-24)34(38)40-23-39-2/h4-9,11,20,23,26,28,37H,3,10,12-19,21-22,36H2,1-2H3,(H2,38,39,40)/t28-/m1/s1. The summed E-state index contributed by atoms with van der Waals surface area (Å²) in [5.74, 6) is -0.0585.